The summed E-state index contributed by atoms with van der Waals surface area (Å²) in [5, 5.41) is 6.04. The lowest BCUT2D eigenvalue weighted by molar-refractivity contribution is 0.171. The van der Waals surface area contributed by atoms with E-state index in [1.54, 1.807) is 6.07 Å². The van der Waals surface area contributed by atoms with Gasteiger partial charge in [0.05, 0.1) is 5.02 Å². The molecule has 32 heavy (non-hydrogen) atoms. The maximum absolute atomic E-state index is 13.4. The largest absolute Gasteiger partial charge is 0.488 e. The molecule has 1 aliphatic rings. The van der Waals surface area contributed by atoms with Gasteiger partial charge in [-0.2, -0.15) is 0 Å². The minimum absolute atomic E-state index is 0.245. The van der Waals surface area contributed by atoms with Crippen molar-refractivity contribution in [2.24, 2.45) is 0 Å². The summed E-state index contributed by atoms with van der Waals surface area (Å²) in [7, 11) is 0. The molecule has 0 aliphatic carbocycles. The van der Waals surface area contributed by atoms with Crippen LogP contribution in [0.5, 0.6) is 17.2 Å². The zero-order chi connectivity index (χ0) is 21.9. The van der Waals surface area contributed by atoms with Crippen LogP contribution >= 0.6 is 11.6 Å². The Morgan fingerprint density at radius 3 is 2.62 bits per heavy atom. The normalized spacial score (nSPS) is 12.6. The van der Waals surface area contributed by atoms with Gasteiger partial charge in [0.1, 0.15) is 31.4 Å². The molecule has 5 rings (SSSR count). The molecule has 4 nitrogen and oxygen atoms in total. The Hall–Kier alpha value is -3.44. The van der Waals surface area contributed by atoms with Crippen molar-refractivity contribution in [3.05, 3.63) is 94.8 Å². The quantitative estimate of drug-likeness (QED) is 0.360. The van der Waals surface area contributed by atoms with Crippen molar-refractivity contribution in [3.8, 4) is 17.2 Å². The summed E-state index contributed by atoms with van der Waals surface area (Å²) in [4.78, 5) is 0. The van der Waals surface area contributed by atoms with Gasteiger partial charge in [-0.1, -0.05) is 48.0 Å². The molecule has 0 amide bonds. The first-order chi connectivity index (χ1) is 15.7. The van der Waals surface area contributed by atoms with Gasteiger partial charge in [-0.3, -0.25) is 0 Å². The number of anilines is 1. The zero-order valence-electron chi connectivity index (χ0n) is 17.2. The standard InChI is InChI=1S/C26H21ClFNO3/c27-23-13-19(28)7-5-18(23)16-32-24-9-6-17-3-1-2-4-21(17)22(24)15-29-20-8-10-25-26(14-20)31-12-11-30-25/h1-10,13-14,29H,11-12,15-16H2. The van der Waals surface area contributed by atoms with Crippen LogP contribution in [0.25, 0.3) is 10.8 Å². The van der Waals surface area contributed by atoms with Crippen molar-refractivity contribution in [3.63, 3.8) is 0 Å². The second kappa shape index (κ2) is 8.97. The molecule has 1 aliphatic heterocycles. The fraction of sp³-hybridized carbons (Fsp3) is 0.154. The third-order valence-electron chi connectivity index (χ3n) is 5.41. The summed E-state index contributed by atoms with van der Waals surface area (Å²) < 4.78 is 30.8. The fourth-order valence-electron chi connectivity index (χ4n) is 3.77. The van der Waals surface area contributed by atoms with E-state index in [0.717, 1.165) is 44.8 Å². The predicted molar refractivity (Wildman–Crippen MR) is 124 cm³/mol. The summed E-state index contributed by atoms with van der Waals surface area (Å²) >= 11 is 6.18. The molecule has 1 N–H and O–H groups in total. The van der Waals surface area contributed by atoms with E-state index in [4.69, 9.17) is 25.8 Å². The van der Waals surface area contributed by atoms with E-state index in [1.807, 2.05) is 42.5 Å². The average Bonchev–Trinajstić information content (AvgIpc) is 2.82. The van der Waals surface area contributed by atoms with Gasteiger partial charge in [-0.05, 0) is 41.1 Å². The number of rotatable bonds is 6. The SMILES string of the molecule is Fc1ccc(COc2ccc3ccccc3c2CNc2ccc3c(c2)OCCO3)c(Cl)c1. The number of benzene rings is 4. The first kappa shape index (κ1) is 20.5. The molecular weight excluding hydrogens is 429 g/mol. The van der Waals surface area contributed by atoms with Gasteiger partial charge in [0.2, 0.25) is 0 Å². The molecule has 0 saturated carbocycles. The number of hydrogen-bond donors (Lipinski definition) is 1. The Balaban J connectivity index is 1.41. The zero-order valence-corrected chi connectivity index (χ0v) is 18.0. The number of halogens is 2. The van der Waals surface area contributed by atoms with E-state index in [2.05, 4.69) is 17.4 Å². The maximum atomic E-state index is 13.4. The van der Waals surface area contributed by atoms with Crippen molar-refractivity contribution >= 4 is 28.1 Å². The number of hydrogen-bond acceptors (Lipinski definition) is 4. The molecule has 6 heteroatoms. The third kappa shape index (κ3) is 4.30. The van der Waals surface area contributed by atoms with E-state index in [0.29, 0.717) is 24.8 Å². The van der Waals surface area contributed by atoms with Gasteiger partial charge in [0.25, 0.3) is 0 Å². The second-order valence-corrected chi connectivity index (χ2v) is 7.91. The highest BCUT2D eigenvalue weighted by Crippen LogP contribution is 2.34. The second-order valence-electron chi connectivity index (χ2n) is 7.50. The van der Waals surface area contributed by atoms with E-state index in [1.165, 1.54) is 12.1 Å². The lowest BCUT2D eigenvalue weighted by Crippen LogP contribution is -2.15. The van der Waals surface area contributed by atoms with Gasteiger partial charge in [-0.15, -0.1) is 0 Å². The number of ether oxygens (including phenoxy) is 3. The van der Waals surface area contributed by atoms with Crippen molar-refractivity contribution in [2.45, 2.75) is 13.2 Å². The van der Waals surface area contributed by atoms with Gasteiger partial charge >= 0.3 is 0 Å². The monoisotopic (exact) mass is 449 g/mol. The summed E-state index contributed by atoms with van der Waals surface area (Å²) in [6.45, 7) is 1.90. The molecule has 0 fully saturated rings. The highest BCUT2D eigenvalue weighted by molar-refractivity contribution is 6.31. The van der Waals surface area contributed by atoms with Crippen molar-refractivity contribution in [1.29, 1.82) is 0 Å². The number of fused-ring (bicyclic) bond motifs is 2. The Kier molecular flexibility index (Phi) is 5.73. The molecule has 162 valence electrons. The van der Waals surface area contributed by atoms with Crippen molar-refractivity contribution < 1.29 is 18.6 Å². The highest BCUT2D eigenvalue weighted by atomic mass is 35.5. The fourth-order valence-corrected chi connectivity index (χ4v) is 3.99. The Morgan fingerprint density at radius 2 is 1.75 bits per heavy atom. The highest BCUT2D eigenvalue weighted by Gasteiger charge is 2.14. The minimum atomic E-state index is -0.367. The average molecular weight is 450 g/mol. The molecule has 4 aromatic carbocycles. The van der Waals surface area contributed by atoms with E-state index in [9.17, 15) is 4.39 Å². The van der Waals surface area contributed by atoms with E-state index < -0.39 is 0 Å². The van der Waals surface area contributed by atoms with Crippen molar-refractivity contribution in [2.75, 3.05) is 18.5 Å². The molecule has 0 unspecified atom stereocenters. The summed E-state index contributed by atoms with van der Waals surface area (Å²) in [5.74, 6) is 1.87. The molecule has 0 aromatic heterocycles. The molecular formula is C26H21ClFNO3. The van der Waals surface area contributed by atoms with E-state index in [-0.39, 0.29) is 12.4 Å². The first-order valence-electron chi connectivity index (χ1n) is 10.4. The molecule has 0 atom stereocenters. The smallest absolute Gasteiger partial charge is 0.163 e. The van der Waals surface area contributed by atoms with Crippen molar-refractivity contribution in [1.82, 2.24) is 0 Å². The molecule has 0 spiro atoms. The molecule has 0 radical (unpaired) electrons. The van der Waals surface area contributed by atoms with Crippen LogP contribution in [0.1, 0.15) is 11.1 Å². The lowest BCUT2D eigenvalue weighted by Gasteiger charge is -2.20. The van der Waals surface area contributed by atoms with Crippen LogP contribution in [0.4, 0.5) is 10.1 Å². The van der Waals surface area contributed by atoms with Crippen LogP contribution in [-0.2, 0) is 13.2 Å². The number of nitrogens with one attached hydrogen (secondary N) is 1. The molecule has 0 bridgehead atoms. The van der Waals surface area contributed by atoms with Crippen LogP contribution < -0.4 is 19.5 Å². The summed E-state index contributed by atoms with van der Waals surface area (Å²) in [6, 6.07) is 22.3. The van der Waals surface area contributed by atoms with Gasteiger partial charge in [0.15, 0.2) is 11.5 Å². The Morgan fingerprint density at radius 1 is 0.906 bits per heavy atom. The third-order valence-corrected chi connectivity index (χ3v) is 5.76. The van der Waals surface area contributed by atoms with Crippen LogP contribution in [0.15, 0.2) is 72.8 Å². The summed E-state index contributed by atoms with van der Waals surface area (Å²) in [6.07, 6.45) is 0. The van der Waals surface area contributed by atoms with Crippen LogP contribution in [0.3, 0.4) is 0 Å². The van der Waals surface area contributed by atoms with Crippen LogP contribution in [-0.4, -0.2) is 13.2 Å². The topological polar surface area (TPSA) is 39.7 Å². The molecule has 0 saturated heterocycles. The lowest BCUT2D eigenvalue weighted by atomic mass is 10.0. The van der Waals surface area contributed by atoms with Gasteiger partial charge < -0.3 is 19.5 Å². The molecule has 1 heterocycles. The Bertz CT molecular complexity index is 1280. The maximum Gasteiger partial charge on any atom is 0.163 e. The Labute approximate surface area is 190 Å². The van der Waals surface area contributed by atoms with Gasteiger partial charge in [-0.25, -0.2) is 4.39 Å². The van der Waals surface area contributed by atoms with Crippen LogP contribution in [0.2, 0.25) is 5.02 Å². The molecule has 4 aromatic rings. The minimum Gasteiger partial charge on any atom is -0.488 e. The predicted octanol–water partition coefficient (Wildman–Crippen LogP) is 6.59. The first-order valence-corrected chi connectivity index (χ1v) is 10.8. The van der Waals surface area contributed by atoms with Gasteiger partial charge in [0, 0.05) is 29.4 Å². The van der Waals surface area contributed by atoms with Crippen LogP contribution in [0, 0.1) is 5.82 Å². The summed E-state index contributed by atoms with van der Waals surface area (Å²) in [5.41, 5.74) is 2.68. The van der Waals surface area contributed by atoms with E-state index >= 15 is 0 Å².